The predicted molar refractivity (Wildman–Crippen MR) is 97.7 cm³/mol. The highest BCUT2D eigenvalue weighted by Crippen LogP contribution is 2.61. The van der Waals surface area contributed by atoms with Gasteiger partial charge in [0, 0.05) is 34.4 Å². The van der Waals surface area contributed by atoms with Gasteiger partial charge in [-0.15, -0.1) is 13.2 Å². The lowest BCUT2D eigenvalue weighted by Gasteiger charge is -2.43. The lowest BCUT2D eigenvalue weighted by Crippen LogP contribution is -2.52. The summed E-state index contributed by atoms with van der Waals surface area (Å²) in [5, 5.41) is 0. The number of carbonyl (C=O) groups excluding carboxylic acids is 1. The highest BCUT2D eigenvalue weighted by Gasteiger charge is 2.68. The molecule has 0 saturated carbocycles. The summed E-state index contributed by atoms with van der Waals surface area (Å²) in [5.74, 6) is 5.53. The van der Waals surface area contributed by atoms with E-state index in [1.807, 2.05) is 0 Å². The average molecular weight is 401 g/mol. The highest BCUT2D eigenvalue weighted by molar-refractivity contribution is 5.94. The van der Waals surface area contributed by atoms with Crippen LogP contribution in [0.2, 0.25) is 0 Å². The minimum absolute atomic E-state index is 0.148. The molecule has 0 radical (unpaired) electrons. The molecule has 3 aliphatic heterocycles. The van der Waals surface area contributed by atoms with E-state index in [0.29, 0.717) is 5.56 Å². The van der Waals surface area contributed by atoms with Gasteiger partial charge in [0.05, 0.1) is 6.04 Å². The van der Waals surface area contributed by atoms with Crippen molar-refractivity contribution < 1.29 is 27.4 Å². The number of piperidine rings is 1. The van der Waals surface area contributed by atoms with Crippen LogP contribution in [0.1, 0.15) is 31.7 Å². The summed E-state index contributed by atoms with van der Waals surface area (Å²) in [6.07, 6.45) is 0.0469. The first-order chi connectivity index (χ1) is 13.8. The molecule has 0 amide bonds. The fourth-order valence-corrected chi connectivity index (χ4v) is 5.17. The maximum Gasteiger partial charge on any atom is 0.573 e. The van der Waals surface area contributed by atoms with E-state index in [1.165, 1.54) is 24.3 Å². The van der Waals surface area contributed by atoms with E-state index in [1.54, 1.807) is 6.08 Å². The molecule has 4 nitrogen and oxygen atoms in total. The lowest BCUT2D eigenvalue weighted by atomic mass is 9.65. The summed E-state index contributed by atoms with van der Waals surface area (Å²) >= 11 is 0. The number of esters is 1. The van der Waals surface area contributed by atoms with Crippen LogP contribution in [0, 0.1) is 11.8 Å². The van der Waals surface area contributed by atoms with Gasteiger partial charge in [0.15, 0.2) is 5.60 Å². The molecule has 1 spiro atoms. The summed E-state index contributed by atoms with van der Waals surface area (Å²) in [5.41, 5.74) is 2.66. The minimum Gasteiger partial charge on any atom is -0.445 e. The molecular formula is C22H18F3NO3. The number of hydrogen-bond acceptors (Lipinski definition) is 4. The molecule has 1 aromatic carbocycles. The Balaban J connectivity index is 1.47. The molecule has 1 unspecified atom stereocenters. The van der Waals surface area contributed by atoms with Crippen molar-refractivity contribution in [3.63, 3.8) is 0 Å². The number of benzene rings is 1. The van der Waals surface area contributed by atoms with E-state index >= 15 is 0 Å². The molecule has 1 aliphatic carbocycles. The second-order valence-corrected chi connectivity index (χ2v) is 7.75. The van der Waals surface area contributed by atoms with Crippen molar-refractivity contribution >= 4 is 5.97 Å². The fraction of sp³-hybridized carbons (Fsp3) is 0.409. The van der Waals surface area contributed by atoms with Crippen LogP contribution in [0.25, 0.3) is 0 Å². The van der Waals surface area contributed by atoms with E-state index in [4.69, 9.17) is 4.74 Å². The Morgan fingerprint density at radius 2 is 1.97 bits per heavy atom. The molecular weight excluding hydrogens is 383 g/mol. The first kappa shape index (κ1) is 18.3. The Kier molecular flexibility index (Phi) is 3.88. The van der Waals surface area contributed by atoms with Gasteiger partial charge in [-0.2, -0.15) is 0 Å². The van der Waals surface area contributed by atoms with Crippen LogP contribution in [-0.2, 0) is 9.53 Å². The van der Waals surface area contributed by atoms with Crippen LogP contribution in [0.4, 0.5) is 13.2 Å². The van der Waals surface area contributed by atoms with Crippen molar-refractivity contribution in [2.75, 3.05) is 6.54 Å². The third-order valence-electron chi connectivity index (χ3n) is 6.21. The summed E-state index contributed by atoms with van der Waals surface area (Å²) in [7, 11) is 0. The van der Waals surface area contributed by atoms with E-state index in [-0.39, 0.29) is 23.8 Å². The highest BCUT2D eigenvalue weighted by atomic mass is 19.4. The third kappa shape index (κ3) is 2.70. The van der Waals surface area contributed by atoms with Gasteiger partial charge in [0.1, 0.15) is 5.75 Å². The van der Waals surface area contributed by atoms with Crippen molar-refractivity contribution in [1.82, 2.24) is 4.90 Å². The van der Waals surface area contributed by atoms with Crippen molar-refractivity contribution in [2.24, 2.45) is 0 Å². The summed E-state index contributed by atoms with van der Waals surface area (Å²) in [4.78, 5) is 14.5. The summed E-state index contributed by atoms with van der Waals surface area (Å²) in [6, 6.07) is 5.76. The van der Waals surface area contributed by atoms with Gasteiger partial charge < -0.3 is 9.47 Å². The first-order valence-corrected chi connectivity index (χ1v) is 9.63. The Morgan fingerprint density at radius 1 is 1.21 bits per heavy atom. The van der Waals surface area contributed by atoms with Gasteiger partial charge in [0.25, 0.3) is 0 Å². The molecule has 3 heterocycles. The quantitative estimate of drug-likeness (QED) is 0.531. The number of alkyl halides is 3. The van der Waals surface area contributed by atoms with Crippen molar-refractivity contribution in [3.05, 3.63) is 52.6 Å². The SMILES string of the molecule is C[C@H]1C2=C(C#Cc3ccc(OC(F)(F)F)cc3)C3=CC(=O)O[C@]32C2CCCCN21. The molecule has 0 bridgehead atoms. The molecule has 7 heteroatoms. The van der Waals surface area contributed by atoms with Crippen molar-refractivity contribution in [1.29, 1.82) is 0 Å². The number of carbonyl (C=O) groups is 1. The van der Waals surface area contributed by atoms with Crippen LogP contribution in [0.15, 0.2) is 47.1 Å². The van der Waals surface area contributed by atoms with E-state index in [0.717, 1.165) is 42.5 Å². The van der Waals surface area contributed by atoms with Gasteiger partial charge in [-0.3, -0.25) is 4.90 Å². The van der Waals surface area contributed by atoms with Crippen LogP contribution < -0.4 is 4.74 Å². The standard InChI is InChI=1S/C22H18F3NO3/c1-13-20-16(10-7-14-5-8-15(9-6-14)28-22(23,24)25)17-12-19(27)29-21(17,20)18-4-2-3-11-26(13)18/h5-6,8-9,12-13,18H,2-4,11H2,1H3/t13-,18?,21-/m0/s1. The molecule has 150 valence electrons. The molecule has 2 fully saturated rings. The van der Waals surface area contributed by atoms with Crippen LogP contribution in [0.5, 0.6) is 5.75 Å². The van der Waals surface area contributed by atoms with Crippen LogP contribution >= 0.6 is 0 Å². The second-order valence-electron chi connectivity index (χ2n) is 7.75. The minimum atomic E-state index is -4.72. The topological polar surface area (TPSA) is 38.8 Å². The molecule has 5 rings (SSSR count). The van der Waals surface area contributed by atoms with Gasteiger partial charge in [-0.25, -0.2) is 4.79 Å². The zero-order chi connectivity index (χ0) is 20.4. The van der Waals surface area contributed by atoms with Gasteiger partial charge in [0.2, 0.25) is 0 Å². The van der Waals surface area contributed by atoms with Crippen LogP contribution in [-0.4, -0.2) is 41.5 Å². The van der Waals surface area contributed by atoms with E-state index < -0.39 is 12.0 Å². The van der Waals surface area contributed by atoms with Gasteiger partial charge >= 0.3 is 12.3 Å². The Labute approximate surface area is 166 Å². The maximum atomic E-state index is 12.3. The predicted octanol–water partition coefficient (Wildman–Crippen LogP) is 3.73. The molecule has 0 aromatic heterocycles. The Bertz CT molecular complexity index is 1010. The van der Waals surface area contributed by atoms with Crippen LogP contribution in [0.3, 0.4) is 0 Å². The third-order valence-corrected chi connectivity index (χ3v) is 6.21. The molecule has 4 aliphatic rings. The maximum absolute atomic E-state index is 12.3. The average Bonchev–Trinajstić information content (AvgIpc) is 3.06. The Hall–Kier alpha value is -2.72. The number of rotatable bonds is 1. The summed E-state index contributed by atoms with van der Waals surface area (Å²) in [6.45, 7) is 3.10. The number of halogens is 3. The number of ether oxygens (including phenoxy) is 2. The van der Waals surface area contributed by atoms with E-state index in [2.05, 4.69) is 28.4 Å². The second kappa shape index (κ2) is 6.14. The molecule has 3 atom stereocenters. The summed E-state index contributed by atoms with van der Waals surface area (Å²) < 4.78 is 46.6. The molecule has 2 saturated heterocycles. The first-order valence-electron chi connectivity index (χ1n) is 9.63. The fourth-order valence-electron chi connectivity index (χ4n) is 5.17. The molecule has 0 N–H and O–H groups in total. The molecule has 1 aromatic rings. The van der Waals surface area contributed by atoms with Gasteiger partial charge in [-0.05, 0) is 50.6 Å². The number of nitrogens with zero attached hydrogens (tertiary/aromatic N) is 1. The van der Waals surface area contributed by atoms with Crippen molar-refractivity contribution in [2.45, 2.75) is 50.2 Å². The smallest absolute Gasteiger partial charge is 0.445 e. The monoisotopic (exact) mass is 401 g/mol. The van der Waals surface area contributed by atoms with Gasteiger partial charge in [-0.1, -0.05) is 18.3 Å². The van der Waals surface area contributed by atoms with E-state index in [9.17, 15) is 18.0 Å². The normalized spacial score (nSPS) is 30.3. The zero-order valence-corrected chi connectivity index (χ0v) is 15.7. The lowest BCUT2D eigenvalue weighted by molar-refractivity contribution is -0.274. The number of hydrogen-bond donors (Lipinski definition) is 0. The Morgan fingerprint density at radius 3 is 2.69 bits per heavy atom. The zero-order valence-electron chi connectivity index (χ0n) is 15.7. The number of fused-ring (bicyclic) bond motifs is 1. The largest absolute Gasteiger partial charge is 0.573 e. The van der Waals surface area contributed by atoms with Crippen molar-refractivity contribution in [3.8, 4) is 17.6 Å². The molecule has 29 heavy (non-hydrogen) atoms.